The molecule has 1 aliphatic rings. The number of aromatic hydroxyl groups is 1. The number of nitrogens with zero attached hydrogens (tertiary/aromatic N) is 2. The molecule has 1 aromatic heterocycles. The molecule has 1 saturated heterocycles. The van der Waals surface area contributed by atoms with Gasteiger partial charge in [-0.1, -0.05) is 56.3 Å². The number of aromatic nitrogens is 2. The number of aliphatic carboxylic acids is 2. The van der Waals surface area contributed by atoms with E-state index in [1.165, 1.54) is 41.7 Å². The fourth-order valence-electron chi connectivity index (χ4n) is 7.84. The highest BCUT2D eigenvalue weighted by Gasteiger charge is 2.41. The largest absolute Gasteiger partial charge is 0.508 e. The van der Waals surface area contributed by atoms with Gasteiger partial charge < -0.3 is 78.4 Å². The average molecular weight is 1040 g/mol. The lowest BCUT2D eigenvalue weighted by atomic mass is 10.0. The molecule has 0 aliphatic carbocycles. The Morgan fingerprint density at radius 3 is 1.92 bits per heavy atom. The number of aliphatic hydroxyl groups excluding tert-OH is 2. The molecule has 2 heterocycles. The number of imidazole rings is 1. The van der Waals surface area contributed by atoms with Crippen molar-refractivity contribution in [3.05, 3.63) is 83.9 Å². The summed E-state index contributed by atoms with van der Waals surface area (Å²) >= 11 is 0. The number of nitrogens with one attached hydrogen (secondary N) is 8. The molecular formula is C48H65N11O15. The molecule has 1 aliphatic heterocycles. The van der Waals surface area contributed by atoms with E-state index in [2.05, 4.69) is 47.2 Å². The first kappa shape index (κ1) is 58.6. The monoisotopic (exact) mass is 1040 g/mol. The molecule has 15 N–H and O–H groups in total. The van der Waals surface area contributed by atoms with Crippen molar-refractivity contribution in [2.45, 2.75) is 120 Å². The summed E-state index contributed by atoms with van der Waals surface area (Å²) < 4.78 is 0. The van der Waals surface area contributed by atoms with Gasteiger partial charge >= 0.3 is 11.9 Å². The van der Waals surface area contributed by atoms with Gasteiger partial charge in [0, 0.05) is 37.7 Å². The number of amides is 8. The van der Waals surface area contributed by atoms with Gasteiger partial charge in [0.15, 0.2) is 6.04 Å². The second-order valence-electron chi connectivity index (χ2n) is 18.1. The number of nitrogens with two attached hydrogens (primary N) is 1. The zero-order valence-corrected chi connectivity index (χ0v) is 41.0. The maximum absolute atomic E-state index is 14.3. The topological polar surface area (TPSA) is 414 Å². The molecule has 0 spiro atoms. The SMILES string of the molecule is CC(C)[C@H](NC(=O)[C@H](Cc1cnc[nH]1)NC(=O)[C@H](CO)NC(=O)CNC(=O)[C@H](CCC(=O)O)NC(=O)[C@@H](N)Cc1ccccc1)C(=O)N1CCC[C@H]1C(=O)N[C@@H](Cc1ccc(O)cc1)C(=O)N[C@H](C(=O)O)[C@@H](C)O. The number of phenolic OH excluding ortho intramolecular Hbond substituents is 1. The molecule has 0 bridgehead atoms. The molecule has 402 valence electrons. The van der Waals surface area contributed by atoms with Crippen molar-refractivity contribution in [1.29, 1.82) is 0 Å². The molecule has 0 saturated carbocycles. The van der Waals surface area contributed by atoms with Crippen LogP contribution in [0, 0.1) is 5.92 Å². The van der Waals surface area contributed by atoms with Crippen LogP contribution in [0.1, 0.15) is 63.3 Å². The van der Waals surface area contributed by atoms with Crippen LogP contribution in [0.3, 0.4) is 0 Å². The minimum Gasteiger partial charge on any atom is -0.508 e. The molecule has 0 unspecified atom stereocenters. The van der Waals surface area contributed by atoms with Gasteiger partial charge in [-0.25, -0.2) is 9.78 Å². The van der Waals surface area contributed by atoms with Crippen molar-refractivity contribution >= 4 is 59.2 Å². The molecule has 26 nitrogen and oxygen atoms in total. The number of hydrogen-bond donors (Lipinski definition) is 14. The molecule has 0 radical (unpaired) electrons. The molecule has 9 atom stereocenters. The maximum atomic E-state index is 14.3. The van der Waals surface area contributed by atoms with Gasteiger partial charge in [0.2, 0.25) is 47.3 Å². The van der Waals surface area contributed by atoms with Gasteiger partial charge in [0.1, 0.15) is 42.0 Å². The summed E-state index contributed by atoms with van der Waals surface area (Å²) in [5.41, 5.74) is 7.59. The van der Waals surface area contributed by atoms with E-state index in [-0.39, 0.29) is 44.4 Å². The van der Waals surface area contributed by atoms with Crippen LogP contribution >= 0.6 is 0 Å². The molecule has 3 aromatic rings. The van der Waals surface area contributed by atoms with Crippen molar-refractivity contribution in [1.82, 2.24) is 52.1 Å². The lowest BCUT2D eigenvalue weighted by Crippen LogP contribution is -2.61. The van der Waals surface area contributed by atoms with Crippen LogP contribution in [0.4, 0.5) is 0 Å². The van der Waals surface area contributed by atoms with Crippen molar-refractivity contribution in [3.63, 3.8) is 0 Å². The standard InChI is InChI=1S/C48H65N11O15/c1-25(2)39(47(72)59-17-7-10-36(59)46(71)56-33(19-28-11-13-30(62)14-12-28)43(68)58-40(26(3)61)48(73)74)57-44(69)34(20-29-21-50-24-52-29)55-45(70)35(23-60)53-37(63)22-51-42(67)32(15-16-38(64)65)54-41(66)31(49)18-27-8-5-4-6-9-27/h4-6,8-9,11-14,21,24-26,31-36,39-40,60-62H,7,10,15-20,22-23,49H2,1-3H3,(H,50,52)(H,51,67)(H,53,63)(H,54,66)(H,55,70)(H,56,71)(H,57,69)(H,58,68)(H,64,65)(H,73,74)/t26-,31+,32+,33+,34+,35+,36+,39+,40+/m1/s1. The molecule has 8 amide bonds. The molecule has 26 heteroatoms. The number of aliphatic hydroxyl groups is 2. The van der Waals surface area contributed by atoms with E-state index >= 15 is 0 Å². The van der Waals surface area contributed by atoms with Crippen LogP contribution in [0.15, 0.2) is 67.1 Å². The number of aromatic amines is 1. The lowest BCUT2D eigenvalue weighted by molar-refractivity contribution is -0.146. The van der Waals surface area contributed by atoms with Crippen LogP contribution in [-0.4, -0.2) is 174 Å². The van der Waals surface area contributed by atoms with E-state index in [4.69, 9.17) is 5.73 Å². The van der Waals surface area contributed by atoms with Crippen LogP contribution in [0.5, 0.6) is 5.75 Å². The third kappa shape index (κ3) is 18.0. The number of carboxylic acid groups (broad SMARTS) is 2. The Labute approximate surface area is 425 Å². The molecule has 74 heavy (non-hydrogen) atoms. The van der Waals surface area contributed by atoms with Crippen molar-refractivity contribution in [2.75, 3.05) is 19.7 Å². The summed E-state index contributed by atoms with van der Waals surface area (Å²) in [4.78, 5) is 140. The first-order valence-corrected chi connectivity index (χ1v) is 23.8. The Morgan fingerprint density at radius 2 is 1.34 bits per heavy atom. The summed E-state index contributed by atoms with van der Waals surface area (Å²) in [5, 5.41) is 65.7. The van der Waals surface area contributed by atoms with E-state index in [0.29, 0.717) is 17.7 Å². The predicted octanol–water partition coefficient (Wildman–Crippen LogP) is -3.54. The quantitative estimate of drug-likeness (QED) is 0.0335. The Balaban J connectivity index is 1.44. The van der Waals surface area contributed by atoms with Gasteiger partial charge in [-0.3, -0.25) is 43.2 Å². The zero-order valence-electron chi connectivity index (χ0n) is 41.0. The first-order valence-electron chi connectivity index (χ1n) is 23.8. The molecule has 2 aromatic carbocycles. The van der Waals surface area contributed by atoms with Crippen molar-refractivity contribution in [2.24, 2.45) is 11.7 Å². The number of carbonyl (C=O) groups excluding carboxylic acids is 8. The summed E-state index contributed by atoms with van der Waals surface area (Å²) in [6, 6.07) is 3.08. The number of carboxylic acids is 2. The smallest absolute Gasteiger partial charge is 0.328 e. The minimum absolute atomic E-state index is 0.0567. The third-order valence-electron chi connectivity index (χ3n) is 11.9. The number of H-pyrrole nitrogens is 1. The number of phenols is 1. The average Bonchev–Trinajstić information content (AvgIpc) is 4.08. The number of rotatable bonds is 28. The number of benzene rings is 2. The first-order chi connectivity index (χ1) is 35.1. The third-order valence-corrected chi connectivity index (χ3v) is 11.9. The second-order valence-corrected chi connectivity index (χ2v) is 18.1. The summed E-state index contributed by atoms with van der Waals surface area (Å²) in [7, 11) is 0. The van der Waals surface area contributed by atoms with Crippen LogP contribution in [0.2, 0.25) is 0 Å². The predicted molar refractivity (Wildman–Crippen MR) is 260 cm³/mol. The normalized spacial score (nSPS) is 16.4. The van der Waals surface area contributed by atoms with Gasteiger partial charge in [0.05, 0.1) is 31.6 Å². The highest BCUT2D eigenvalue weighted by atomic mass is 16.4. The van der Waals surface area contributed by atoms with Gasteiger partial charge in [-0.05, 0) is 61.8 Å². The summed E-state index contributed by atoms with van der Waals surface area (Å²) in [6.07, 6.45) is 0.428. The van der Waals surface area contributed by atoms with E-state index in [0.717, 1.165) is 12.5 Å². The highest BCUT2D eigenvalue weighted by Crippen LogP contribution is 2.22. The van der Waals surface area contributed by atoms with Gasteiger partial charge in [-0.2, -0.15) is 0 Å². The van der Waals surface area contributed by atoms with Crippen molar-refractivity contribution < 1.29 is 73.5 Å². The summed E-state index contributed by atoms with van der Waals surface area (Å²) in [5.74, 6) is -10.6. The molecule has 4 rings (SSSR count). The van der Waals surface area contributed by atoms with E-state index in [1.54, 1.807) is 44.2 Å². The van der Waals surface area contributed by atoms with Gasteiger partial charge in [-0.15, -0.1) is 0 Å². The fraction of sp³-hybridized carbons (Fsp3) is 0.479. The Bertz CT molecular complexity index is 2420. The van der Waals surface area contributed by atoms with Crippen LogP contribution < -0.4 is 43.0 Å². The van der Waals surface area contributed by atoms with Gasteiger partial charge in [0.25, 0.3) is 0 Å². The minimum atomic E-state index is -1.73. The van der Waals surface area contributed by atoms with E-state index in [9.17, 15) is 73.5 Å². The van der Waals surface area contributed by atoms with E-state index < -0.39 is 139 Å². The lowest BCUT2D eigenvalue weighted by Gasteiger charge is -2.32. The van der Waals surface area contributed by atoms with Crippen LogP contribution in [-0.2, 0) is 67.2 Å². The molecular weight excluding hydrogens is 971 g/mol. The number of likely N-dealkylation sites (tertiary alicyclic amines) is 1. The fourth-order valence-corrected chi connectivity index (χ4v) is 7.84. The second kappa shape index (κ2) is 28.3. The summed E-state index contributed by atoms with van der Waals surface area (Å²) in [6.45, 7) is 2.66. The highest BCUT2D eigenvalue weighted by molar-refractivity contribution is 5.98. The van der Waals surface area contributed by atoms with E-state index in [1.807, 2.05) is 0 Å². The Kier molecular flexibility index (Phi) is 22.4. The number of hydrogen-bond acceptors (Lipinski definition) is 15. The van der Waals surface area contributed by atoms with Crippen molar-refractivity contribution in [3.8, 4) is 5.75 Å². The molecule has 1 fully saturated rings. The number of carbonyl (C=O) groups is 10. The Hall–Kier alpha value is -7.97. The Morgan fingerprint density at radius 1 is 0.730 bits per heavy atom. The maximum Gasteiger partial charge on any atom is 0.328 e. The zero-order chi connectivity index (χ0) is 54.6. The van der Waals surface area contributed by atoms with Crippen LogP contribution in [0.25, 0.3) is 0 Å².